The fraction of sp³-hybridized carbons (Fsp3) is 0.238. The molecule has 0 aromatic carbocycles. The van der Waals surface area contributed by atoms with Crippen molar-refractivity contribution in [1.29, 1.82) is 0 Å². The van der Waals surface area contributed by atoms with Crippen LogP contribution in [0.2, 0.25) is 0 Å². The van der Waals surface area contributed by atoms with Crippen LogP contribution in [0.1, 0.15) is 80.2 Å². The molecule has 11 heteroatoms. The molecule has 3 aromatic heterocycles. The highest BCUT2D eigenvalue weighted by Gasteiger charge is 2.29. The zero-order chi connectivity index (χ0) is 37.1. The van der Waals surface area contributed by atoms with E-state index in [0.29, 0.717) is 45.9 Å². The highest BCUT2D eigenvalue weighted by atomic mass is 35.5. The molecule has 8 bridgehead atoms. The van der Waals surface area contributed by atoms with Gasteiger partial charge in [-0.1, -0.05) is 111 Å². The highest BCUT2D eigenvalue weighted by Crippen LogP contribution is 2.40. The summed E-state index contributed by atoms with van der Waals surface area (Å²) in [6, 6.07) is 0. The maximum Gasteiger partial charge on any atom is 0.164 e. The first-order valence-corrected chi connectivity index (χ1v) is 18.6. The number of nitrogens with zero attached hydrogens (tertiary/aromatic N) is 7. The molecule has 0 saturated carbocycles. The SMILES string of the molecule is Cn1c2nc3nc(nc4[nH]c(nc5nc(nc1c1c2C=CC(C)(Cl)C=C1)C1=C5C=CC(C)(Cl)C=C1)c1c4C=CC(C)(Cl)C=C1)C1=C3C=CC(C)(C)C=C1. The largest absolute Gasteiger partial charge is 0.324 e. The van der Waals surface area contributed by atoms with Gasteiger partial charge in [0.05, 0.1) is 14.6 Å². The van der Waals surface area contributed by atoms with Crippen LogP contribution in [-0.2, 0) is 7.05 Å². The number of aryl methyl sites for hydroxylation is 1. The average molecular weight is 758 g/mol. The van der Waals surface area contributed by atoms with Crippen LogP contribution in [0.15, 0.2) is 72.9 Å². The first-order chi connectivity index (χ1) is 25.1. The topological polar surface area (TPSA) is 98.1 Å². The van der Waals surface area contributed by atoms with Crippen molar-refractivity contribution >= 4 is 104 Å². The molecule has 0 saturated heterocycles. The molecule has 0 amide bonds. The van der Waals surface area contributed by atoms with Gasteiger partial charge in [-0.05, 0) is 20.8 Å². The second-order valence-corrected chi connectivity index (χ2v) is 17.7. The standard InChI is InChI=1S/C42H35Cl3N8/c1-39(2)15-7-23-24(8-16-39)35-49-31(23)46-32-25-9-17-40(3,43)18-10-26(25)33(47-32)48-34-27-11-19-41(4,44)20-12-28(27)36(50-34)52-38-30-14-22-42(5,45)21-13-29(30)37(51-35)53(38)6/h7-22H,1-6H3,(H,46,47,48,49,50,51,52). The lowest BCUT2D eigenvalue weighted by atomic mass is 9.93. The number of fused-ring (bicyclic) bond motifs is 18. The molecule has 2 aliphatic heterocycles. The first-order valence-electron chi connectivity index (χ1n) is 17.4. The molecule has 3 atom stereocenters. The quantitative estimate of drug-likeness (QED) is 0.229. The average Bonchev–Trinajstić information content (AvgIpc) is 3.59. The van der Waals surface area contributed by atoms with Crippen LogP contribution in [0.5, 0.6) is 0 Å². The molecule has 0 radical (unpaired) electrons. The van der Waals surface area contributed by atoms with Crippen molar-refractivity contribution in [3.8, 4) is 0 Å². The number of nitrogens with one attached hydrogen (secondary N) is 1. The second kappa shape index (κ2) is 11.6. The van der Waals surface area contributed by atoms with Crippen LogP contribution in [0, 0.1) is 5.41 Å². The Morgan fingerprint density at radius 3 is 1.15 bits per heavy atom. The van der Waals surface area contributed by atoms with Gasteiger partial charge in [-0.25, -0.2) is 29.9 Å². The van der Waals surface area contributed by atoms with E-state index >= 15 is 0 Å². The number of rotatable bonds is 0. The van der Waals surface area contributed by atoms with E-state index in [1.54, 1.807) is 0 Å². The van der Waals surface area contributed by atoms with Crippen LogP contribution in [-0.4, -0.2) is 54.1 Å². The van der Waals surface area contributed by atoms with Crippen molar-refractivity contribution in [1.82, 2.24) is 39.5 Å². The molecule has 53 heavy (non-hydrogen) atoms. The van der Waals surface area contributed by atoms with E-state index in [1.807, 2.05) is 105 Å². The minimum Gasteiger partial charge on any atom is -0.324 e. The van der Waals surface area contributed by atoms with Gasteiger partial charge in [0, 0.05) is 57.0 Å². The molecule has 3 aromatic rings. The van der Waals surface area contributed by atoms with Crippen LogP contribution in [0.4, 0.5) is 0 Å². The molecule has 4 aliphatic carbocycles. The second-order valence-electron chi connectivity index (χ2n) is 15.2. The summed E-state index contributed by atoms with van der Waals surface area (Å²) in [5.74, 6) is 2.05. The smallest absolute Gasteiger partial charge is 0.164 e. The summed E-state index contributed by atoms with van der Waals surface area (Å²) in [7, 11) is 1.96. The van der Waals surface area contributed by atoms with Gasteiger partial charge in [-0.2, -0.15) is 0 Å². The van der Waals surface area contributed by atoms with Crippen molar-refractivity contribution < 1.29 is 0 Å². The highest BCUT2D eigenvalue weighted by molar-refractivity contribution is 6.28. The molecule has 3 unspecified atom stereocenters. The van der Waals surface area contributed by atoms with Crippen molar-refractivity contribution in [2.75, 3.05) is 0 Å². The molecule has 6 aliphatic rings. The zero-order valence-electron chi connectivity index (χ0n) is 30.0. The summed E-state index contributed by atoms with van der Waals surface area (Å²) in [5, 5.41) is 0. The number of hydrogen-bond donors (Lipinski definition) is 1. The van der Waals surface area contributed by atoms with E-state index in [2.05, 4.69) is 43.1 Å². The minimum atomic E-state index is -0.710. The van der Waals surface area contributed by atoms with Gasteiger partial charge in [0.15, 0.2) is 23.3 Å². The van der Waals surface area contributed by atoms with E-state index in [1.165, 1.54) is 0 Å². The van der Waals surface area contributed by atoms with Crippen molar-refractivity contribution in [2.24, 2.45) is 12.5 Å². The molecule has 8 nitrogen and oxygen atoms in total. The summed E-state index contributed by atoms with van der Waals surface area (Å²) in [4.78, 5) is 32.6. The number of allylic oxidation sites excluding steroid dienone is 16. The van der Waals surface area contributed by atoms with Gasteiger partial charge in [0.1, 0.15) is 22.6 Å². The summed E-state index contributed by atoms with van der Waals surface area (Å²) >= 11 is 20.6. The number of aromatic nitrogens is 8. The van der Waals surface area contributed by atoms with Gasteiger partial charge in [0.25, 0.3) is 0 Å². The Balaban J connectivity index is 1.47. The maximum atomic E-state index is 6.88. The Morgan fingerprint density at radius 2 is 0.755 bits per heavy atom. The predicted molar refractivity (Wildman–Crippen MR) is 220 cm³/mol. The van der Waals surface area contributed by atoms with Gasteiger partial charge in [-0.3, -0.25) is 0 Å². The van der Waals surface area contributed by atoms with Gasteiger partial charge >= 0.3 is 0 Å². The third kappa shape index (κ3) is 5.93. The molecule has 5 heterocycles. The fourth-order valence-electron chi connectivity index (χ4n) is 6.95. The van der Waals surface area contributed by atoms with Crippen molar-refractivity contribution in [3.63, 3.8) is 0 Å². The predicted octanol–water partition coefficient (Wildman–Crippen LogP) is 10.1. The molecule has 0 fully saturated rings. The molecule has 264 valence electrons. The van der Waals surface area contributed by atoms with Crippen LogP contribution in [0.3, 0.4) is 0 Å². The van der Waals surface area contributed by atoms with Crippen LogP contribution < -0.4 is 0 Å². The Bertz CT molecular complexity index is 2500. The molecular weight excluding hydrogens is 723 g/mol. The first kappa shape index (κ1) is 33.9. The lowest BCUT2D eigenvalue weighted by Crippen LogP contribution is -2.06. The van der Waals surface area contributed by atoms with Crippen molar-refractivity contribution in [2.45, 2.75) is 49.2 Å². The summed E-state index contributed by atoms with van der Waals surface area (Å²) in [6.07, 6.45) is 32.2. The van der Waals surface area contributed by atoms with Crippen LogP contribution in [0.25, 0.3) is 69.2 Å². The summed E-state index contributed by atoms with van der Waals surface area (Å²) < 4.78 is 1.98. The van der Waals surface area contributed by atoms with Crippen LogP contribution >= 0.6 is 34.8 Å². The lowest BCUT2D eigenvalue weighted by Gasteiger charge is -2.12. The number of hydrogen-bond acceptors (Lipinski definition) is 6. The molecule has 1 N–H and O–H groups in total. The summed E-state index contributed by atoms with van der Waals surface area (Å²) in [5.41, 5.74) is 9.04. The third-order valence-electron chi connectivity index (χ3n) is 10.1. The number of halogens is 3. The van der Waals surface area contributed by atoms with E-state index in [0.717, 1.165) is 44.5 Å². The molecular formula is C42H35Cl3N8. The van der Waals surface area contributed by atoms with Gasteiger partial charge < -0.3 is 9.55 Å². The number of H-pyrrole nitrogens is 1. The number of alkyl halides is 3. The Kier molecular flexibility index (Phi) is 7.39. The fourth-order valence-corrected chi connectivity index (χ4v) is 7.33. The normalized spacial score (nSPS) is 26.2. The monoisotopic (exact) mass is 756 g/mol. The van der Waals surface area contributed by atoms with Gasteiger partial charge in [0.2, 0.25) is 0 Å². The zero-order valence-corrected chi connectivity index (χ0v) is 32.3. The third-order valence-corrected chi connectivity index (χ3v) is 10.8. The Morgan fingerprint density at radius 1 is 0.434 bits per heavy atom. The van der Waals surface area contributed by atoms with E-state index in [-0.39, 0.29) is 5.41 Å². The molecule has 0 spiro atoms. The van der Waals surface area contributed by atoms with Crippen molar-refractivity contribution in [3.05, 3.63) is 118 Å². The van der Waals surface area contributed by atoms with E-state index < -0.39 is 14.6 Å². The Hall–Kier alpha value is -4.89. The Labute approximate surface area is 322 Å². The van der Waals surface area contributed by atoms with E-state index in [9.17, 15) is 0 Å². The number of aromatic amines is 1. The van der Waals surface area contributed by atoms with Gasteiger partial charge in [-0.15, -0.1) is 34.8 Å². The lowest BCUT2D eigenvalue weighted by molar-refractivity contribution is 0.627. The maximum absolute atomic E-state index is 6.88. The molecule has 9 rings (SSSR count). The minimum absolute atomic E-state index is 0.191. The van der Waals surface area contributed by atoms with E-state index in [4.69, 9.17) is 64.7 Å². The summed E-state index contributed by atoms with van der Waals surface area (Å²) in [6.45, 7) is 10.2.